The molecule has 1 aliphatic carbocycles. The second kappa shape index (κ2) is 7.17. The minimum Gasteiger partial charge on any atom is -0.349 e. The summed E-state index contributed by atoms with van der Waals surface area (Å²) in [5.74, 6) is 0.420. The van der Waals surface area contributed by atoms with Gasteiger partial charge in [-0.25, -0.2) is 0 Å². The molecule has 0 bridgehead atoms. The van der Waals surface area contributed by atoms with E-state index in [2.05, 4.69) is 15.5 Å². The van der Waals surface area contributed by atoms with Gasteiger partial charge >= 0.3 is 0 Å². The van der Waals surface area contributed by atoms with Gasteiger partial charge in [0.1, 0.15) is 6.04 Å². The number of fused-ring (bicyclic) bond motifs is 1. The van der Waals surface area contributed by atoms with Crippen LogP contribution >= 0.6 is 0 Å². The lowest BCUT2D eigenvalue weighted by Crippen LogP contribution is -2.43. The predicted octanol–water partition coefficient (Wildman–Crippen LogP) is 1.41. The van der Waals surface area contributed by atoms with Crippen LogP contribution in [0.25, 0.3) is 0 Å². The van der Waals surface area contributed by atoms with Crippen molar-refractivity contribution in [1.82, 2.24) is 29.8 Å². The van der Waals surface area contributed by atoms with Crippen molar-refractivity contribution in [2.75, 3.05) is 6.54 Å². The standard InChI is InChI=1S/C19H26N6O2/c1-13-9-21-25(11-13)14(2)18(26)20-10-16-8-17-12-23(6-7-24(17)22-16)19(27)15-4-3-5-15/h8-9,11,14-15H,3-7,10,12H2,1-2H3,(H,20,26)/t14-/m1/s1. The minimum atomic E-state index is -0.369. The van der Waals surface area contributed by atoms with Crippen LogP contribution in [0.4, 0.5) is 0 Å². The molecule has 8 nitrogen and oxygen atoms in total. The molecule has 1 N–H and O–H groups in total. The van der Waals surface area contributed by atoms with E-state index in [9.17, 15) is 9.59 Å². The molecular weight excluding hydrogens is 344 g/mol. The Morgan fingerprint density at radius 1 is 1.33 bits per heavy atom. The Kier molecular flexibility index (Phi) is 4.72. The van der Waals surface area contributed by atoms with E-state index in [-0.39, 0.29) is 23.8 Å². The molecule has 4 rings (SSSR count). The SMILES string of the molecule is Cc1cnn([C@H](C)C(=O)NCc2cc3n(n2)CCN(C(=O)C2CCC2)C3)c1. The first kappa shape index (κ1) is 17.8. The van der Waals surface area contributed by atoms with Gasteiger partial charge in [0.05, 0.1) is 37.2 Å². The average Bonchev–Trinajstić information content (AvgIpc) is 3.22. The van der Waals surface area contributed by atoms with Gasteiger partial charge < -0.3 is 10.2 Å². The maximum Gasteiger partial charge on any atom is 0.244 e. The van der Waals surface area contributed by atoms with Gasteiger partial charge in [-0.3, -0.25) is 19.0 Å². The molecule has 144 valence electrons. The number of nitrogens with one attached hydrogen (secondary N) is 1. The largest absolute Gasteiger partial charge is 0.349 e. The van der Waals surface area contributed by atoms with Crippen molar-refractivity contribution in [1.29, 1.82) is 0 Å². The Bertz CT molecular complexity index is 850. The number of aryl methyl sites for hydroxylation is 1. The number of rotatable bonds is 5. The molecule has 0 radical (unpaired) electrons. The fraction of sp³-hybridized carbons (Fsp3) is 0.579. The lowest BCUT2D eigenvalue weighted by atomic mass is 9.84. The Morgan fingerprint density at radius 3 is 2.81 bits per heavy atom. The Balaban J connectivity index is 1.34. The first-order valence-electron chi connectivity index (χ1n) is 9.64. The lowest BCUT2D eigenvalue weighted by molar-refractivity contribution is -0.139. The van der Waals surface area contributed by atoms with E-state index >= 15 is 0 Å². The molecule has 1 fully saturated rings. The van der Waals surface area contributed by atoms with Gasteiger partial charge in [0.15, 0.2) is 0 Å². The molecule has 0 aromatic carbocycles. The minimum absolute atomic E-state index is 0.0918. The maximum absolute atomic E-state index is 12.5. The van der Waals surface area contributed by atoms with Gasteiger partial charge in [0, 0.05) is 18.7 Å². The van der Waals surface area contributed by atoms with Gasteiger partial charge in [-0.1, -0.05) is 6.42 Å². The van der Waals surface area contributed by atoms with Gasteiger partial charge in [-0.2, -0.15) is 10.2 Å². The third-order valence-electron chi connectivity index (χ3n) is 5.57. The van der Waals surface area contributed by atoms with Crippen molar-refractivity contribution < 1.29 is 9.59 Å². The third kappa shape index (κ3) is 3.61. The van der Waals surface area contributed by atoms with Crippen LogP contribution in [0.3, 0.4) is 0 Å². The highest BCUT2D eigenvalue weighted by molar-refractivity contribution is 5.80. The normalized spacial score (nSPS) is 17.9. The van der Waals surface area contributed by atoms with Gasteiger partial charge in [0.25, 0.3) is 0 Å². The van der Waals surface area contributed by atoms with E-state index in [1.54, 1.807) is 10.9 Å². The number of carbonyl (C=O) groups is 2. The summed E-state index contributed by atoms with van der Waals surface area (Å²) in [6.45, 7) is 6.18. The monoisotopic (exact) mass is 370 g/mol. The van der Waals surface area contributed by atoms with Crippen molar-refractivity contribution in [3.8, 4) is 0 Å². The number of carbonyl (C=O) groups excluding carboxylic acids is 2. The van der Waals surface area contributed by atoms with E-state index in [0.717, 1.165) is 29.8 Å². The Hall–Kier alpha value is -2.64. The molecule has 2 aromatic rings. The van der Waals surface area contributed by atoms with Crippen LogP contribution in [0, 0.1) is 12.8 Å². The number of aromatic nitrogens is 4. The van der Waals surface area contributed by atoms with Gasteiger partial charge in [0.2, 0.25) is 11.8 Å². The second-order valence-electron chi connectivity index (χ2n) is 7.63. The molecule has 2 aromatic heterocycles. The first-order chi connectivity index (χ1) is 13.0. The van der Waals surface area contributed by atoms with Crippen LogP contribution in [-0.2, 0) is 29.2 Å². The first-order valence-corrected chi connectivity index (χ1v) is 9.64. The average molecular weight is 370 g/mol. The zero-order valence-corrected chi connectivity index (χ0v) is 15.9. The maximum atomic E-state index is 12.5. The third-order valence-corrected chi connectivity index (χ3v) is 5.57. The fourth-order valence-electron chi connectivity index (χ4n) is 3.60. The molecule has 0 unspecified atom stereocenters. The van der Waals surface area contributed by atoms with Crippen molar-refractivity contribution in [3.63, 3.8) is 0 Å². The van der Waals surface area contributed by atoms with Gasteiger partial charge in [-0.15, -0.1) is 0 Å². The van der Waals surface area contributed by atoms with E-state index < -0.39 is 0 Å². The lowest BCUT2D eigenvalue weighted by Gasteiger charge is -2.34. The summed E-state index contributed by atoms with van der Waals surface area (Å²) in [5, 5.41) is 11.7. The fourth-order valence-corrected chi connectivity index (χ4v) is 3.60. The smallest absolute Gasteiger partial charge is 0.244 e. The molecule has 0 spiro atoms. The molecule has 1 atom stereocenters. The van der Waals surface area contributed by atoms with E-state index in [1.165, 1.54) is 6.42 Å². The number of hydrogen-bond donors (Lipinski definition) is 1. The number of nitrogens with zero attached hydrogens (tertiary/aromatic N) is 5. The number of hydrogen-bond acceptors (Lipinski definition) is 4. The van der Waals surface area contributed by atoms with E-state index in [0.29, 0.717) is 26.2 Å². The zero-order valence-electron chi connectivity index (χ0n) is 15.9. The van der Waals surface area contributed by atoms with Crippen molar-refractivity contribution in [3.05, 3.63) is 35.4 Å². The molecule has 3 heterocycles. The Morgan fingerprint density at radius 2 is 2.15 bits per heavy atom. The summed E-state index contributed by atoms with van der Waals surface area (Å²) in [6, 6.07) is 1.62. The van der Waals surface area contributed by atoms with Crippen molar-refractivity contribution in [2.45, 2.75) is 58.8 Å². The van der Waals surface area contributed by atoms with Crippen LogP contribution in [0.2, 0.25) is 0 Å². The number of amides is 2. The zero-order chi connectivity index (χ0) is 19.0. The van der Waals surface area contributed by atoms with Crippen LogP contribution in [0.15, 0.2) is 18.5 Å². The molecule has 2 aliphatic rings. The van der Waals surface area contributed by atoms with Crippen molar-refractivity contribution in [2.24, 2.45) is 5.92 Å². The van der Waals surface area contributed by atoms with Gasteiger partial charge in [-0.05, 0) is 38.3 Å². The molecule has 8 heteroatoms. The summed E-state index contributed by atoms with van der Waals surface area (Å²) < 4.78 is 3.61. The topological polar surface area (TPSA) is 85.1 Å². The molecule has 1 aliphatic heterocycles. The summed E-state index contributed by atoms with van der Waals surface area (Å²) >= 11 is 0. The van der Waals surface area contributed by atoms with E-state index in [1.807, 2.05) is 35.7 Å². The second-order valence-corrected chi connectivity index (χ2v) is 7.63. The highest BCUT2D eigenvalue weighted by atomic mass is 16.2. The summed E-state index contributed by atoms with van der Waals surface area (Å²) in [7, 11) is 0. The van der Waals surface area contributed by atoms with Crippen LogP contribution in [-0.4, -0.2) is 42.8 Å². The molecule has 1 saturated carbocycles. The van der Waals surface area contributed by atoms with E-state index in [4.69, 9.17) is 0 Å². The molecule has 2 amide bonds. The van der Waals surface area contributed by atoms with Crippen LogP contribution in [0.5, 0.6) is 0 Å². The highest BCUT2D eigenvalue weighted by Gasteiger charge is 2.31. The molecule has 0 saturated heterocycles. The van der Waals surface area contributed by atoms with Crippen molar-refractivity contribution >= 4 is 11.8 Å². The molecular formula is C19H26N6O2. The van der Waals surface area contributed by atoms with Crippen LogP contribution in [0.1, 0.15) is 49.2 Å². The quantitative estimate of drug-likeness (QED) is 0.862. The Labute approximate surface area is 158 Å². The molecule has 27 heavy (non-hydrogen) atoms. The highest BCUT2D eigenvalue weighted by Crippen LogP contribution is 2.29. The summed E-state index contributed by atoms with van der Waals surface area (Å²) in [6.07, 6.45) is 6.82. The predicted molar refractivity (Wildman–Crippen MR) is 98.5 cm³/mol. The van der Waals surface area contributed by atoms with Crippen LogP contribution < -0.4 is 5.32 Å². The summed E-state index contributed by atoms with van der Waals surface area (Å²) in [5.41, 5.74) is 2.88. The summed E-state index contributed by atoms with van der Waals surface area (Å²) in [4.78, 5) is 26.8.